The van der Waals surface area contributed by atoms with Gasteiger partial charge in [0.2, 0.25) is 0 Å². The van der Waals surface area contributed by atoms with Crippen molar-refractivity contribution < 1.29 is 9.59 Å². The van der Waals surface area contributed by atoms with E-state index in [2.05, 4.69) is 5.32 Å². The fourth-order valence-electron chi connectivity index (χ4n) is 2.20. The number of rotatable bonds is 3. The van der Waals surface area contributed by atoms with Crippen LogP contribution in [0, 0.1) is 0 Å². The third kappa shape index (κ3) is 2.84. The van der Waals surface area contributed by atoms with E-state index in [1.807, 2.05) is 60.7 Å². The van der Waals surface area contributed by atoms with Gasteiger partial charge in [-0.05, 0) is 17.2 Å². The fraction of sp³-hybridized carbons (Fsp3) is 0.0588. The summed E-state index contributed by atoms with van der Waals surface area (Å²) in [6.45, 7) is 0.275. The second-order valence-corrected chi connectivity index (χ2v) is 4.78. The first-order valence-electron chi connectivity index (χ1n) is 6.67. The molecule has 104 valence electrons. The van der Waals surface area contributed by atoms with E-state index in [4.69, 9.17) is 0 Å². The molecule has 1 N–H and O–H groups in total. The van der Waals surface area contributed by atoms with Crippen molar-refractivity contribution in [3.8, 4) is 0 Å². The van der Waals surface area contributed by atoms with Crippen molar-refractivity contribution in [3.63, 3.8) is 0 Å². The molecule has 2 aromatic rings. The van der Waals surface area contributed by atoms with E-state index < -0.39 is 0 Å². The van der Waals surface area contributed by atoms with Gasteiger partial charge in [0.15, 0.2) is 0 Å². The molecular weight excluding hydrogens is 264 g/mol. The summed E-state index contributed by atoms with van der Waals surface area (Å²) in [7, 11) is 0. The van der Waals surface area contributed by atoms with Crippen LogP contribution in [0.25, 0.3) is 6.08 Å². The Morgan fingerprint density at radius 1 is 0.905 bits per heavy atom. The molecule has 0 bridgehead atoms. The molecule has 1 aliphatic heterocycles. The minimum Gasteiger partial charge on any atom is -0.303 e. The van der Waals surface area contributed by atoms with Gasteiger partial charge in [0.1, 0.15) is 5.70 Å². The van der Waals surface area contributed by atoms with Gasteiger partial charge in [-0.25, -0.2) is 4.79 Å². The molecule has 0 aromatic heterocycles. The number of carbonyl (C=O) groups is 2. The van der Waals surface area contributed by atoms with Crippen molar-refractivity contribution in [2.45, 2.75) is 6.54 Å². The van der Waals surface area contributed by atoms with Crippen LogP contribution in [0.4, 0.5) is 4.79 Å². The maximum atomic E-state index is 12.3. The number of imide groups is 1. The Balaban J connectivity index is 1.81. The van der Waals surface area contributed by atoms with Gasteiger partial charge in [0, 0.05) is 0 Å². The van der Waals surface area contributed by atoms with Crippen LogP contribution >= 0.6 is 0 Å². The number of hydrogen-bond donors (Lipinski definition) is 1. The Morgan fingerprint density at radius 2 is 1.52 bits per heavy atom. The third-order valence-electron chi connectivity index (χ3n) is 3.26. The average molecular weight is 278 g/mol. The molecule has 1 saturated heterocycles. The SMILES string of the molecule is O=C1N/C(=C/c2ccccc2)C(=O)N1Cc1ccccc1. The highest BCUT2D eigenvalue weighted by Gasteiger charge is 2.33. The molecular formula is C17H14N2O2. The number of nitrogens with zero attached hydrogens (tertiary/aromatic N) is 1. The molecule has 3 rings (SSSR count). The quantitative estimate of drug-likeness (QED) is 0.693. The van der Waals surface area contributed by atoms with Crippen LogP contribution in [0.15, 0.2) is 66.4 Å². The van der Waals surface area contributed by atoms with Crippen LogP contribution in [-0.4, -0.2) is 16.8 Å². The maximum absolute atomic E-state index is 12.3. The van der Waals surface area contributed by atoms with Crippen molar-refractivity contribution in [1.29, 1.82) is 0 Å². The summed E-state index contributed by atoms with van der Waals surface area (Å²) in [6.07, 6.45) is 1.69. The lowest BCUT2D eigenvalue weighted by Gasteiger charge is -2.11. The molecule has 1 fully saturated rings. The summed E-state index contributed by atoms with van der Waals surface area (Å²) in [4.78, 5) is 25.5. The predicted octanol–water partition coefficient (Wildman–Crippen LogP) is 2.78. The Labute approximate surface area is 122 Å². The van der Waals surface area contributed by atoms with Gasteiger partial charge in [-0.15, -0.1) is 0 Å². The van der Waals surface area contributed by atoms with Crippen molar-refractivity contribution in [1.82, 2.24) is 10.2 Å². The molecule has 0 spiro atoms. The summed E-state index contributed by atoms with van der Waals surface area (Å²) in [5, 5.41) is 2.62. The molecule has 0 saturated carbocycles. The van der Waals surface area contributed by atoms with Gasteiger partial charge in [-0.1, -0.05) is 60.7 Å². The van der Waals surface area contributed by atoms with E-state index in [1.165, 1.54) is 4.90 Å². The number of nitrogens with one attached hydrogen (secondary N) is 1. The first-order chi connectivity index (χ1) is 10.2. The molecule has 0 atom stereocenters. The topological polar surface area (TPSA) is 49.4 Å². The van der Waals surface area contributed by atoms with Gasteiger partial charge >= 0.3 is 6.03 Å². The van der Waals surface area contributed by atoms with Crippen LogP contribution in [0.3, 0.4) is 0 Å². The molecule has 1 aliphatic rings. The van der Waals surface area contributed by atoms with Crippen molar-refractivity contribution >= 4 is 18.0 Å². The number of hydrogen-bond acceptors (Lipinski definition) is 2. The lowest BCUT2D eigenvalue weighted by atomic mass is 10.2. The van der Waals surface area contributed by atoms with Crippen LogP contribution in [0.1, 0.15) is 11.1 Å². The average Bonchev–Trinajstić information content (AvgIpc) is 2.77. The summed E-state index contributed by atoms with van der Waals surface area (Å²) in [5.41, 5.74) is 2.10. The monoisotopic (exact) mass is 278 g/mol. The standard InChI is InChI=1S/C17H14N2O2/c20-16-15(11-13-7-3-1-4-8-13)18-17(21)19(16)12-14-9-5-2-6-10-14/h1-11H,12H2,(H,18,21)/b15-11+. The first-order valence-corrected chi connectivity index (χ1v) is 6.67. The summed E-state index contributed by atoms with van der Waals surface area (Å²) in [6, 6.07) is 18.5. The molecule has 1 heterocycles. The van der Waals surface area contributed by atoms with E-state index in [0.717, 1.165) is 11.1 Å². The summed E-state index contributed by atoms with van der Waals surface area (Å²) >= 11 is 0. The molecule has 0 aliphatic carbocycles. The lowest BCUT2D eigenvalue weighted by molar-refractivity contribution is -0.123. The van der Waals surface area contributed by atoms with E-state index in [0.29, 0.717) is 5.70 Å². The Hall–Kier alpha value is -2.88. The Kier molecular flexibility index (Phi) is 3.51. The molecule has 0 unspecified atom stereocenters. The van der Waals surface area contributed by atoms with E-state index in [-0.39, 0.29) is 18.5 Å². The van der Waals surface area contributed by atoms with Crippen molar-refractivity contribution in [2.24, 2.45) is 0 Å². The lowest BCUT2D eigenvalue weighted by Crippen LogP contribution is -2.30. The highest BCUT2D eigenvalue weighted by molar-refractivity contribution is 6.13. The van der Waals surface area contributed by atoms with Crippen LogP contribution in [0.2, 0.25) is 0 Å². The van der Waals surface area contributed by atoms with Gasteiger partial charge in [0.25, 0.3) is 5.91 Å². The zero-order valence-electron chi connectivity index (χ0n) is 11.3. The zero-order chi connectivity index (χ0) is 14.7. The molecule has 2 aromatic carbocycles. The Bertz CT molecular complexity index is 693. The van der Waals surface area contributed by atoms with Gasteiger partial charge in [-0.2, -0.15) is 0 Å². The highest BCUT2D eigenvalue weighted by Crippen LogP contribution is 2.16. The molecule has 4 heteroatoms. The molecule has 0 radical (unpaired) electrons. The normalized spacial score (nSPS) is 16.4. The molecule has 3 amide bonds. The molecule has 21 heavy (non-hydrogen) atoms. The van der Waals surface area contributed by atoms with Crippen LogP contribution in [-0.2, 0) is 11.3 Å². The van der Waals surface area contributed by atoms with Gasteiger partial charge in [0.05, 0.1) is 6.54 Å². The van der Waals surface area contributed by atoms with Gasteiger partial charge < -0.3 is 5.32 Å². The maximum Gasteiger partial charge on any atom is 0.329 e. The van der Waals surface area contributed by atoms with Crippen molar-refractivity contribution in [2.75, 3.05) is 0 Å². The number of carbonyl (C=O) groups excluding carboxylic acids is 2. The van der Waals surface area contributed by atoms with E-state index in [1.54, 1.807) is 6.08 Å². The number of benzene rings is 2. The summed E-state index contributed by atoms with van der Waals surface area (Å²) in [5.74, 6) is -0.298. The van der Waals surface area contributed by atoms with Gasteiger partial charge in [-0.3, -0.25) is 9.69 Å². The highest BCUT2D eigenvalue weighted by atomic mass is 16.2. The zero-order valence-corrected chi connectivity index (χ0v) is 11.3. The minimum atomic E-state index is -0.383. The minimum absolute atomic E-state index is 0.275. The van der Waals surface area contributed by atoms with E-state index in [9.17, 15) is 9.59 Å². The number of urea groups is 1. The van der Waals surface area contributed by atoms with Crippen LogP contribution < -0.4 is 5.32 Å². The Morgan fingerprint density at radius 3 is 2.19 bits per heavy atom. The van der Waals surface area contributed by atoms with Crippen molar-refractivity contribution in [3.05, 3.63) is 77.5 Å². The van der Waals surface area contributed by atoms with Crippen LogP contribution in [0.5, 0.6) is 0 Å². The fourth-order valence-corrected chi connectivity index (χ4v) is 2.20. The third-order valence-corrected chi connectivity index (χ3v) is 3.26. The van der Waals surface area contributed by atoms with E-state index >= 15 is 0 Å². The molecule has 4 nitrogen and oxygen atoms in total. The smallest absolute Gasteiger partial charge is 0.303 e. The predicted molar refractivity (Wildman–Crippen MR) is 79.9 cm³/mol. The largest absolute Gasteiger partial charge is 0.329 e. The first kappa shape index (κ1) is 13.1. The number of amides is 3. The second-order valence-electron chi connectivity index (χ2n) is 4.78. The second kappa shape index (κ2) is 5.63. The summed E-state index contributed by atoms with van der Waals surface area (Å²) < 4.78 is 0.